The van der Waals surface area contributed by atoms with Gasteiger partial charge < -0.3 is 4.98 Å². The van der Waals surface area contributed by atoms with Crippen molar-refractivity contribution in [3.63, 3.8) is 0 Å². The Morgan fingerprint density at radius 2 is 2.22 bits per heavy atom. The summed E-state index contributed by atoms with van der Waals surface area (Å²) in [4.78, 5) is 19.0. The predicted molar refractivity (Wildman–Crippen MR) is 65.2 cm³/mol. The van der Waals surface area contributed by atoms with Crippen LogP contribution in [0.1, 0.15) is 46.4 Å². The highest BCUT2D eigenvalue weighted by Gasteiger charge is 2.27. The highest BCUT2D eigenvalue weighted by Crippen LogP contribution is 2.33. The molecular weight excluding hydrogens is 231 g/mol. The second-order valence-corrected chi connectivity index (χ2v) is 4.67. The zero-order chi connectivity index (χ0) is 12.7. The van der Waals surface area contributed by atoms with Gasteiger partial charge in [0.2, 0.25) is 0 Å². The van der Waals surface area contributed by atoms with E-state index in [1.807, 2.05) is 6.92 Å². The molecule has 0 spiro atoms. The number of rotatable bonds is 2. The van der Waals surface area contributed by atoms with Gasteiger partial charge in [-0.3, -0.25) is 4.79 Å². The van der Waals surface area contributed by atoms with Crippen LogP contribution in [-0.2, 0) is 6.42 Å². The lowest BCUT2D eigenvalue weighted by molar-refractivity contribution is 0.0993. The van der Waals surface area contributed by atoms with Crippen molar-refractivity contribution in [3.05, 3.63) is 52.9 Å². The van der Waals surface area contributed by atoms with Gasteiger partial charge in [-0.2, -0.15) is 0 Å². The fourth-order valence-corrected chi connectivity index (χ4v) is 2.61. The van der Waals surface area contributed by atoms with Crippen LogP contribution in [0.5, 0.6) is 0 Å². The normalized spacial score (nSPS) is 15.8. The van der Waals surface area contributed by atoms with E-state index in [2.05, 4.69) is 9.97 Å². The predicted octanol–water partition coefficient (Wildman–Crippen LogP) is 2.83. The number of aromatic nitrogens is 2. The fraction of sp³-hybridized carbons (Fsp3) is 0.286. The Bertz CT molecular complexity index is 605. The van der Waals surface area contributed by atoms with E-state index in [9.17, 15) is 9.18 Å². The number of carbonyl (C=O) groups excluding carboxylic acids is 1. The van der Waals surface area contributed by atoms with Gasteiger partial charge in [0, 0.05) is 24.1 Å². The summed E-state index contributed by atoms with van der Waals surface area (Å²) in [6.45, 7) is 1.94. The lowest BCUT2D eigenvalue weighted by Gasteiger charge is -2.13. The van der Waals surface area contributed by atoms with Crippen LogP contribution < -0.4 is 0 Å². The molecule has 1 atom stereocenters. The van der Waals surface area contributed by atoms with Gasteiger partial charge in [-0.25, -0.2) is 9.37 Å². The van der Waals surface area contributed by atoms with E-state index >= 15 is 0 Å². The standard InChI is InChI=1S/C14H13FN2O/c1-8(12-6-16-7-17-12)11-5-10(15)4-9-2-3-13(18)14(9)11/h4-8H,2-3H2,1H3,(H,16,17)/t8-/m0/s1. The van der Waals surface area contributed by atoms with E-state index in [4.69, 9.17) is 0 Å². The summed E-state index contributed by atoms with van der Waals surface area (Å²) in [5.74, 6) is -0.244. The first-order chi connectivity index (χ1) is 8.66. The average Bonchev–Trinajstić information content (AvgIpc) is 2.97. The molecule has 0 bridgehead atoms. The van der Waals surface area contributed by atoms with Crippen LogP contribution in [0.15, 0.2) is 24.7 Å². The van der Waals surface area contributed by atoms with Crippen LogP contribution in [0, 0.1) is 5.82 Å². The minimum absolute atomic E-state index is 0.0808. The summed E-state index contributed by atoms with van der Waals surface area (Å²) >= 11 is 0. The van der Waals surface area contributed by atoms with Crippen molar-refractivity contribution >= 4 is 5.78 Å². The van der Waals surface area contributed by atoms with Gasteiger partial charge in [0.25, 0.3) is 0 Å². The summed E-state index contributed by atoms with van der Waals surface area (Å²) in [6, 6.07) is 2.93. The molecule has 4 heteroatoms. The number of hydrogen-bond acceptors (Lipinski definition) is 2. The van der Waals surface area contributed by atoms with Crippen molar-refractivity contribution < 1.29 is 9.18 Å². The van der Waals surface area contributed by atoms with Crippen molar-refractivity contribution in [2.45, 2.75) is 25.7 Å². The topological polar surface area (TPSA) is 45.8 Å². The van der Waals surface area contributed by atoms with Crippen molar-refractivity contribution in [3.8, 4) is 0 Å². The summed E-state index contributed by atoms with van der Waals surface area (Å²) in [5, 5.41) is 0. The second kappa shape index (κ2) is 4.05. The van der Waals surface area contributed by atoms with E-state index in [0.29, 0.717) is 18.4 Å². The first-order valence-electron chi connectivity index (χ1n) is 6.01. The van der Waals surface area contributed by atoms with Gasteiger partial charge in [0.1, 0.15) is 5.82 Å². The number of carbonyl (C=O) groups is 1. The molecule has 0 amide bonds. The Kier molecular flexibility index (Phi) is 2.51. The number of fused-ring (bicyclic) bond motifs is 1. The zero-order valence-electron chi connectivity index (χ0n) is 10.0. The highest BCUT2D eigenvalue weighted by molar-refractivity contribution is 6.02. The SMILES string of the molecule is C[C@H](c1c[nH]cn1)c1cc(F)cc2c1C(=O)CC2. The minimum Gasteiger partial charge on any atom is -0.351 e. The average molecular weight is 244 g/mol. The number of H-pyrrole nitrogens is 1. The number of nitrogens with zero attached hydrogens (tertiary/aromatic N) is 1. The van der Waals surface area contributed by atoms with Crippen LogP contribution in [0.25, 0.3) is 0 Å². The summed E-state index contributed by atoms with van der Waals surface area (Å²) in [7, 11) is 0. The molecular formula is C14H13FN2O. The van der Waals surface area contributed by atoms with E-state index in [-0.39, 0.29) is 17.5 Å². The van der Waals surface area contributed by atoms with Crippen LogP contribution in [0.4, 0.5) is 4.39 Å². The molecule has 0 unspecified atom stereocenters. The van der Waals surface area contributed by atoms with E-state index in [1.54, 1.807) is 12.5 Å². The molecule has 1 N–H and O–H groups in total. The molecule has 0 aliphatic heterocycles. The van der Waals surface area contributed by atoms with Gasteiger partial charge >= 0.3 is 0 Å². The second-order valence-electron chi connectivity index (χ2n) is 4.67. The maximum absolute atomic E-state index is 13.6. The Labute approximate surface area is 104 Å². The first kappa shape index (κ1) is 11.1. The third-order valence-corrected chi connectivity index (χ3v) is 3.55. The lowest BCUT2D eigenvalue weighted by atomic mass is 9.91. The third kappa shape index (κ3) is 1.65. The molecule has 0 fully saturated rings. The Balaban J connectivity index is 2.15. The molecule has 18 heavy (non-hydrogen) atoms. The Hall–Kier alpha value is -1.97. The molecule has 3 rings (SSSR count). The minimum atomic E-state index is -0.277. The van der Waals surface area contributed by atoms with Gasteiger partial charge in [-0.15, -0.1) is 0 Å². The summed E-state index contributed by atoms with van der Waals surface area (Å²) < 4.78 is 13.6. The number of ketones is 1. The Morgan fingerprint density at radius 3 is 2.94 bits per heavy atom. The number of hydrogen-bond donors (Lipinski definition) is 1. The summed E-state index contributed by atoms with van der Waals surface area (Å²) in [6.07, 6.45) is 4.50. The molecule has 1 aliphatic rings. The fourth-order valence-electron chi connectivity index (χ4n) is 2.61. The lowest BCUT2D eigenvalue weighted by Crippen LogP contribution is -2.06. The van der Waals surface area contributed by atoms with Crippen LogP contribution in [-0.4, -0.2) is 15.8 Å². The van der Waals surface area contributed by atoms with Crippen molar-refractivity contribution in [2.24, 2.45) is 0 Å². The maximum Gasteiger partial charge on any atom is 0.163 e. The molecule has 1 aromatic carbocycles. The maximum atomic E-state index is 13.6. The smallest absolute Gasteiger partial charge is 0.163 e. The number of aromatic amines is 1. The number of Topliss-reactive ketones (excluding diaryl/α,β-unsaturated/α-hetero) is 1. The molecule has 0 radical (unpaired) electrons. The van der Waals surface area contributed by atoms with Gasteiger partial charge in [-0.1, -0.05) is 6.92 Å². The molecule has 1 heterocycles. The number of benzene rings is 1. The van der Waals surface area contributed by atoms with Crippen LogP contribution in [0.3, 0.4) is 0 Å². The van der Waals surface area contributed by atoms with E-state index in [1.165, 1.54) is 12.1 Å². The number of nitrogens with one attached hydrogen (secondary N) is 1. The number of aryl methyl sites for hydroxylation is 1. The van der Waals surface area contributed by atoms with Gasteiger partial charge in [0.15, 0.2) is 5.78 Å². The van der Waals surface area contributed by atoms with E-state index in [0.717, 1.165) is 16.8 Å². The van der Waals surface area contributed by atoms with Crippen molar-refractivity contribution in [1.29, 1.82) is 0 Å². The number of halogens is 1. The Morgan fingerprint density at radius 1 is 1.39 bits per heavy atom. The van der Waals surface area contributed by atoms with E-state index < -0.39 is 0 Å². The largest absolute Gasteiger partial charge is 0.351 e. The van der Waals surface area contributed by atoms with Crippen molar-refractivity contribution in [1.82, 2.24) is 9.97 Å². The molecule has 1 aliphatic carbocycles. The third-order valence-electron chi connectivity index (χ3n) is 3.55. The molecule has 2 aromatic rings. The monoisotopic (exact) mass is 244 g/mol. The van der Waals surface area contributed by atoms with Gasteiger partial charge in [-0.05, 0) is 29.7 Å². The molecule has 1 aromatic heterocycles. The van der Waals surface area contributed by atoms with Crippen LogP contribution in [0.2, 0.25) is 0 Å². The van der Waals surface area contributed by atoms with Gasteiger partial charge in [0.05, 0.1) is 12.0 Å². The first-order valence-corrected chi connectivity index (χ1v) is 6.01. The quantitative estimate of drug-likeness (QED) is 0.882. The molecule has 92 valence electrons. The zero-order valence-corrected chi connectivity index (χ0v) is 10.0. The summed E-state index contributed by atoms with van der Waals surface area (Å²) in [5.41, 5.74) is 3.10. The highest BCUT2D eigenvalue weighted by atomic mass is 19.1. The van der Waals surface area contributed by atoms with Crippen molar-refractivity contribution in [2.75, 3.05) is 0 Å². The molecule has 3 nitrogen and oxygen atoms in total. The number of imidazole rings is 1. The molecule has 0 saturated heterocycles. The molecule has 0 saturated carbocycles. The van der Waals surface area contributed by atoms with Crippen LogP contribution >= 0.6 is 0 Å².